The van der Waals surface area contributed by atoms with Crippen molar-refractivity contribution in [2.45, 2.75) is 26.2 Å². The van der Waals surface area contributed by atoms with Gasteiger partial charge >= 0.3 is 5.91 Å². The third kappa shape index (κ3) is 3.05. The number of thiophene rings is 1. The minimum Gasteiger partial charge on any atom is -0.340 e. The summed E-state index contributed by atoms with van der Waals surface area (Å²) in [6.07, 6.45) is 4.20. The number of aryl methyl sites for hydroxylation is 1. The van der Waals surface area contributed by atoms with Gasteiger partial charge in [-0.3, -0.25) is 5.32 Å². The van der Waals surface area contributed by atoms with Crippen molar-refractivity contribution in [1.82, 2.24) is 19.6 Å². The van der Waals surface area contributed by atoms with E-state index in [2.05, 4.69) is 24.9 Å². The highest BCUT2D eigenvalue weighted by molar-refractivity contribution is 7.19. The van der Waals surface area contributed by atoms with Gasteiger partial charge in [-0.1, -0.05) is 4.49 Å². The van der Waals surface area contributed by atoms with Gasteiger partial charge in [0.1, 0.15) is 22.5 Å². The Bertz CT molecular complexity index is 1180. The Morgan fingerprint density at radius 1 is 1.36 bits per heavy atom. The molecule has 1 atom stereocenters. The molecule has 1 aliphatic carbocycles. The van der Waals surface area contributed by atoms with Crippen LogP contribution >= 0.6 is 22.9 Å². The highest BCUT2D eigenvalue weighted by Gasteiger charge is 2.30. The minimum absolute atomic E-state index is 0.103. The van der Waals surface area contributed by atoms with E-state index in [1.807, 2.05) is 30.4 Å². The van der Waals surface area contributed by atoms with E-state index in [0.717, 1.165) is 57.7 Å². The van der Waals surface area contributed by atoms with Gasteiger partial charge < -0.3 is 5.32 Å². The molecule has 1 unspecified atom stereocenters. The van der Waals surface area contributed by atoms with Crippen molar-refractivity contribution in [1.29, 1.82) is 0 Å². The van der Waals surface area contributed by atoms with Crippen LogP contribution in [0.3, 0.4) is 0 Å². The largest absolute Gasteiger partial charge is 0.340 e. The predicted molar refractivity (Wildman–Crippen MR) is 111 cm³/mol. The number of nitrogens with one attached hydrogen (secondary N) is 1. The lowest BCUT2D eigenvalue weighted by molar-refractivity contribution is -0.568. The number of rotatable bonds is 4. The third-order valence-electron chi connectivity index (χ3n) is 5.16. The highest BCUT2D eigenvalue weighted by Crippen LogP contribution is 2.40. The van der Waals surface area contributed by atoms with Crippen molar-refractivity contribution in [3.8, 4) is 0 Å². The molecule has 4 aromatic rings. The summed E-state index contributed by atoms with van der Waals surface area (Å²) in [7, 11) is 0. The van der Waals surface area contributed by atoms with E-state index >= 15 is 0 Å². The van der Waals surface area contributed by atoms with E-state index in [4.69, 9.17) is 0 Å². The molecule has 0 fully saturated rings. The van der Waals surface area contributed by atoms with Crippen LogP contribution < -0.4 is 10.6 Å². The smallest absolute Gasteiger partial charge is 0.313 e. The second kappa shape index (κ2) is 7.16. The number of nitrogens with two attached hydrogens (primary N) is 1. The molecule has 142 valence electrons. The molecule has 3 N–H and O–H groups in total. The van der Waals surface area contributed by atoms with Crippen molar-refractivity contribution < 1.29 is 10.1 Å². The molecule has 0 saturated heterocycles. The van der Waals surface area contributed by atoms with Crippen molar-refractivity contribution in [2.75, 3.05) is 11.9 Å². The second-order valence-corrected chi connectivity index (χ2v) is 8.81. The number of carbonyl (C=O) groups is 1. The normalized spacial score (nSPS) is 16.4. The topological polar surface area (TPSA) is 97.3 Å². The predicted octanol–water partition coefficient (Wildman–Crippen LogP) is 2.65. The van der Waals surface area contributed by atoms with Crippen molar-refractivity contribution in [2.24, 2.45) is 5.92 Å². The molecule has 9 heteroatoms. The van der Waals surface area contributed by atoms with Crippen LogP contribution in [0, 0.1) is 5.92 Å². The van der Waals surface area contributed by atoms with Gasteiger partial charge in [0.05, 0.1) is 22.5 Å². The molecule has 7 nitrogen and oxygen atoms in total. The molecule has 1 amide bonds. The standard InChI is InChI=1S/C19H18N6OS2/c1-2-20-18(26)10-3-5-12-14(7-10)27-19-16(12)17(21-9-22-19)23-11-4-6-13-15(8-11)28-25-24-13/h4,6,8-10H,2-3,5,7H2,1H3,(H,20,26)(H,21,22,23)/p+1. The molecule has 0 saturated carbocycles. The van der Waals surface area contributed by atoms with Gasteiger partial charge in [-0.05, 0) is 61.5 Å². The Hall–Kier alpha value is -2.49. The van der Waals surface area contributed by atoms with E-state index in [9.17, 15) is 4.79 Å². The first-order valence-electron chi connectivity index (χ1n) is 9.34. The summed E-state index contributed by atoms with van der Waals surface area (Å²) in [4.78, 5) is 23.6. The molecular formula is C19H19N6OS2+. The number of primary amides is 1. The lowest BCUT2D eigenvalue weighted by atomic mass is 9.87. The van der Waals surface area contributed by atoms with Crippen LogP contribution in [0.4, 0.5) is 11.5 Å². The first-order valence-corrected chi connectivity index (χ1v) is 10.9. The third-order valence-corrected chi connectivity index (χ3v) is 7.01. The maximum Gasteiger partial charge on any atom is 0.313 e. The number of amides is 1. The van der Waals surface area contributed by atoms with Crippen LogP contribution in [-0.4, -0.2) is 32.0 Å². The van der Waals surface area contributed by atoms with Gasteiger partial charge in [0.25, 0.3) is 0 Å². The fraction of sp³-hybridized carbons (Fsp3) is 0.316. The number of aromatic nitrogens is 4. The zero-order chi connectivity index (χ0) is 19.1. The fourth-order valence-electron chi connectivity index (χ4n) is 3.81. The number of nitrogens with zero attached hydrogens (tertiary/aromatic N) is 4. The first kappa shape index (κ1) is 17.6. The Balaban J connectivity index is 1.50. The summed E-state index contributed by atoms with van der Waals surface area (Å²) >= 11 is 3.07. The van der Waals surface area contributed by atoms with E-state index in [0.29, 0.717) is 0 Å². The van der Waals surface area contributed by atoms with Crippen LogP contribution in [0.1, 0.15) is 23.8 Å². The van der Waals surface area contributed by atoms with Crippen LogP contribution in [0.2, 0.25) is 0 Å². The lowest BCUT2D eigenvalue weighted by Crippen LogP contribution is -2.89. The van der Waals surface area contributed by atoms with Crippen molar-refractivity contribution in [3.63, 3.8) is 0 Å². The molecule has 5 rings (SSSR count). The van der Waals surface area contributed by atoms with Crippen LogP contribution in [0.15, 0.2) is 24.5 Å². The number of benzene rings is 1. The molecule has 0 radical (unpaired) electrons. The van der Waals surface area contributed by atoms with Crippen molar-refractivity contribution >= 4 is 60.7 Å². The number of hydrogen-bond acceptors (Lipinski definition) is 8. The zero-order valence-electron chi connectivity index (χ0n) is 15.3. The number of carbonyl (C=O) groups excluding carboxylic acids is 1. The molecule has 0 spiro atoms. The van der Waals surface area contributed by atoms with Crippen LogP contribution in [0.5, 0.6) is 0 Å². The summed E-state index contributed by atoms with van der Waals surface area (Å²) in [5.74, 6) is 1.21. The quantitative estimate of drug-likeness (QED) is 0.536. The molecule has 0 bridgehead atoms. The average molecular weight is 412 g/mol. The molecule has 3 heterocycles. The van der Waals surface area contributed by atoms with Crippen LogP contribution in [-0.2, 0) is 17.6 Å². The summed E-state index contributed by atoms with van der Waals surface area (Å²) in [5.41, 5.74) is 3.15. The van der Waals surface area contributed by atoms with E-state index in [1.54, 1.807) is 17.7 Å². The molecule has 1 aliphatic rings. The Labute approximate surface area is 169 Å². The van der Waals surface area contributed by atoms with Gasteiger partial charge in [-0.25, -0.2) is 14.8 Å². The summed E-state index contributed by atoms with van der Waals surface area (Å²) < 4.78 is 5.03. The maximum absolute atomic E-state index is 12.3. The maximum atomic E-state index is 12.3. The SMILES string of the molecule is CC[NH2+]C(=O)C1CCc2c(sc3ncnc(Nc4ccc5nnsc5c4)c23)C1. The van der Waals surface area contributed by atoms with Crippen LogP contribution in [0.25, 0.3) is 20.4 Å². The second-order valence-electron chi connectivity index (χ2n) is 6.94. The monoisotopic (exact) mass is 411 g/mol. The zero-order valence-corrected chi connectivity index (χ0v) is 16.9. The number of fused-ring (bicyclic) bond motifs is 4. The lowest BCUT2D eigenvalue weighted by Gasteiger charge is -2.19. The number of hydrogen-bond donors (Lipinski definition) is 2. The molecule has 1 aromatic carbocycles. The summed E-state index contributed by atoms with van der Waals surface area (Å²) in [6.45, 7) is 2.81. The Morgan fingerprint density at radius 2 is 2.29 bits per heavy atom. The van der Waals surface area contributed by atoms with Gasteiger partial charge in [0.2, 0.25) is 0 Å². The fourth-order valence-corrected chi connectivity index (χ4v) is 5.67. The van der Waals surface area contributed by atoms with E-state index in [1.165, 1.54) is 22.0 Å². The summed E-state index contributed by atoms with van der Waals surface area (Å²) in [6, 6.07) is 6.00. The number of quaternary nitrogens is 1. The van der Waals surface area contributed by atoms with E-state index in [-0.39, 0.29) is 11.8 Å². The van der Waals surface area contributed by atoms with Crippen molar-refractivity contribution in [3.05, 3.63) is 35.0 Å². The average Bonchev–Trinajstić information content (AvgIpc) is 3.31. The molecule has 0 aliphatic heterocycles. The van der Waals surface area contributed by atoms with E-state index < -0.39 is 0 Å². The number of anilines is 2. The highest BCUT2D eigenvalue weighted by atomic mass is 32.1. The minimum atomic E-state index is 0.103. The molecule has 3 aromatic heterocycles. The Morgan fingerprint density at radius 3 is 3.18 bits per heavy atom. The Kier molecular flexibility index (Phi) is 4.50. The first-order chi connectivity index (χ1) is 13.7. The van der Waals surface area contributed by atoms with Gasteiger partial charge in [0.15, 0.2) is 0 Å². The molecular weight excluding hydrogens is 392 g/mol. The summed E-state index contributed by atoms with van der Waals surface area (Å²) in [5, 5.41) is 10.5. The van der Waals surface area contributed by atoms with Gasteiger partial charge in [0, 0.05) is 10.6 Å². The van der Waals surface area contributed by atoms with Gasteiger partial charge in [-0.15, -0.1) is 16.4 Å². The molecule has 28 heavy (non-hydrogen) atoms. The van der Waals surface area contributed by atoms with Gasteiger partial charge in [-0.2, -0.15) is 0 Å².